The molecule has 7 atom stereocenters. The van der Waals surface area contributed by atoms with Crippen molar-refractivity contribution in [2.24, 2.45) is 34.5 Å². The third-order valence-electron chi connectivity index (χ3n) is 8.14. The van der Waals surface area contributed by atoms with Crippen molar-refractivity contribution in [1.29, 1.82) is 0 Å². The molecule has 4 fully saturated rings. The van der Waals surface area contributed by atoms with Gasteiger partial charge < -0.3 is 5.11 Å². The fraction of sp³-hybridized carbons (Fsp3) is 0.842. The molecule has 0 radical (unpaired) electrons. The first kappa shape index (κ1) is 15.5. The van der Waals surface area contributed by atoms with Crippen LogP contribution in [0.4, 0.5) is 0 Å². The third-order valence-corrected chi connectivity index (χ3v) is 8.14. The summed E-state index contributed by atoms with van der Waals surface area (Å²) in [4.78, 5) is 36.8. The first-order valence-electron chi connectivity index (χ1n) is 9.12. The summed E-state index contributed by atoms with van der Waals surface area (Å²) in [6.45, 7) is 4.25. The van der Waals surface area contributed by atoms with E-state index in [9.17, 15) is 19.5 Å². The number of carbonyl (C=O) groups is 3. The fourth-order valence-electron chi connectivity index (χ4n) is 6.87. The van der Waals surface area contributed by atoms with E-state index in [4.69, 9.17) is 0 Å². The smallest absolute Gasteiger partial charge is 0.267 e. The Morgan fingerprint density at radius 3 is 2.39 bits per heavy atom. The van der Waals surface area contributed by atoms with Gasteiger partial charge in [0.25, 0.3) is 5.78 Å². The summed E-state index contributed by atoms with van der Waals surface area (Å²) < 4.78 is 0. The van der Waals surface area contributed by atoms with E-state index in [2.05, 4.69) is 6.92 Å². The Morgan fingerprint density at radius 1 is 0.913 bits per heavy atom. The van der Waals surface area contributed by atoms with E-state index < -0.39 is 28.9 Å². The van der Waals surface area contributed by atoms with Crippen LogP contribution < -0.4 is 0 Å². The molecular formula is C19H26O4. The molecule has 126 valence electrons. The van der Waals surface area contributed by atoms with Gasteiger partial charge in [0.2, 0.25) is 11.6 Å². The average Bonchev–Trinajstić information content (AvgIpc) is 2.93. The molecule has 2 unspecified atom stereocenters. The van der Waals surface area contributed by atoms with Crippen LogP contribution in [0.3, 0.4) is 0 Å². The summed E-state index contributed by atoms with van der Waals surface area (Å²) in [6, 6.07) is 0. The molecule has 4 rings (SSSR count). The van der Waals surface area contributed by atoms with Crippen LogP contribution in [0.2, 0.25) is 0 Å². The third kappa shape index (κ3) is 1.79. The van der Waals surface area contributed by atoms with E-state index in [0.717, 1.165) is 19.3 Å². The summed E-state index contributed by atoms with van der Waals surface area (Å²) in [5, 5.41) is 10.3. The Kier molecular flexibility index (Phi) is 3.20. The van der Waals surface area contributed by atoms with Gasteiger partial charge in [-0.05, 0) is 61.7 Å². The number of Topliss-reactive ketones (excluding diaryl/α,β-unsaturated/α-hetero) is 3. The van der Waals surface area contributed by atoms with Gasteiger partial charge in [-0.1, -0.05) is 20.3 Å². The lowest BCUT2D eigenvalue weighted by Gasteiger charge is -2.58. The van der Waals surface area contributed by atoms with Gasteiger partial charge in [0, 0.05) is 11.3 Å². The Labute approximate surface area is 137 Å². The predicted molar refractivity (Wildman–Crippen MR) is 83.5 cm³/mol. The summed E-state index contributed by atoms with van der Waals surface area (Å²) in [7, 11) is 0. The lowest BCUT2D eigenvalue weighted by molar-refractivity contribution is -0.177. The molecular weight excluding hydrogens is 292 g/mol. The van der Waals surface area contributed by atoms with Crippen molar-refractivity contribution in [1.82, 2.24) is 0 Å². The maximum absolute atomic E-state index is 12.8. The maximum Gasteiger partial charge on any atom is 0.267 e. The second-order valence-corrected chi connectivity index (χ2v) is 8.90. The maximum atomic E-state index is 12.8. The predicted octanol–water partition coefficient (Wildman–Crippen LogP) is 2.32. The van der Waals surface area contributed by atoms with Crippen molar-refractivity contribution in [2.75, 3.05) is 0 Å². The van der Waals surface area contributed by atoms with Gasteiger partial charge >= 0.3 is 0 Å². The number of aliphatic hydroxyl groups is 1. The molecule has 0 saturated heterocycles. The number of carbonyl (C=O) groups excluding carboxylic acids is 3. The zero-order chi connectivity index (χ0) is 16.6. The minimum Gasteiger partial charge on any atom is -0.384 e. The Balaban J connectivity index is 1.75. The first-order valence-corrected chi connectivity index (χ1v) is 9.12. The number of aliphatic hydroxyl groups excluding tert-OH is 1. The van der Waals surface area contributed by atoms with E-state index in [0.29, 0.717) is 23.7 Å². The molecule has 0 aliphatic heterocycles. The summed E-state index contributed by atoms with van der Waals surface area (Å²) in [6.07, 6.45) is 6.21. The van der Waals surface area contributed by atoms with Gasteiger partial charge in [0.05, 0.1) is 0 Å². The topological polar surface area (TPSA) is 71.4 Å². The molecule has 4 saturated carbocycles. The molecule has 0 aromatic heterocycles. The lowest BCUT2D eigenvalue weighted by Crippen LogP contribution is -2.64. The van der Waals surface area contributed by atoms with Crippen LogP contribution in [0, 0.1) is 34.5 Å². The van der Waals surface area contributed by atoms with Crippen molar-refractivity contribution in [2.45, 2.75) is 64.9 Å². The molecule has 0 aromatic carbocycles. The van der Waals surface area contributed by atoms with E-state index in [1.807, 2.05) is 6.92 Å². The minimum atomic E-state index is -1.27. The molecule has 1 N–H and O–H groups in total. The SMILES string of the molecule is C[C@@]12CCC[C@H]1[C@@H]1CCC3C(O)C(=O)C(=O)C(=O)[C@]3(C)[C@H]1CC2. The van der Waals surface area contributed by atoms with Gasteiger partial charge in [-0.3, -0.25) is 14.4 Å². The van der Waals surface area contributed by atoms with Gasteiger partial charge in [-0.2, -0.15) is 0 Å². The number of ketones is 3. The van der Waals surface area contributed by atoms with E-state index >= 15 is 0 Å². The summed E-state index contributed by atoms with van der Waals surface area (Å²) in [5.74, 6) is -1.47. The average molecular weight is 318 g/mol. The highest BCUT2D eigenvalue weighted by molar-refractivity contribution is 6.66. The second-order valence-electron chi connectivity index (χ2n) is 8.90. The lowest BCUT2D eigenvalue weighted by atomic mass is 9.44. The Bertz CT molecular complexity index is 596. The van der Waals surface area contributed by atoms with Crippen LogP contribution in [0.15, 0.2) is 0 Å². The van der Waals surface area contributed by atoms with Crippen LogP contribution in [0.1, 0.15) is 58.8 Å². The molecule has 4 aliphatic rings. The van der Waals surface area contributed by atoms with Crippen molar-refractivity contribution in [3.05, 3.63) is 0 Å². The highest BCUT2D eigenvalue weighted by Crippen LogP contribution is 2.65. The van der Waals surface area contributed by atoms with Crippen molar-refractivity contribution in [3.8, 4) is 0 Å². The van der Waals surface area contributed by atoms with Crippen LogP contribution in [0.25, 0.3) is 0 Å². The highest BCUT2D eigenvalue weighted by Gasteiger charge is 2.65. The molecule has 0 heterocycles. The Morgan fingerprint density at radius 2 is 1.65 bits per heavy atom. The van der Waals surface area contributed by atoms with E-state index in [1.54, 1.807) is 0 Å². The standard InChI is InChI=1S/C19H26O4/c1-18-8-3-4-11(18)10-5-6-13-14(20)15(21)16(22)17(23)19(13,2)12(10)7-9-18/h10-14,20H,3-9H2,1-2H3/t10-,11-,12-,13?,14?,18-,19+/m0/s1. The normalized spacial score (nSPS) is 52.8. The van der Waals surface area contributed by atoms with Crippen LogP contribution in [-0.2, 0) is 14.4 Å². The molecule has 0 aromatic rings. The van der Waals surface area contributed by atoms with Gasteiger partial charge in [0.1, 0.15) is 6.10 Å². The van der Waals surface area contributed by atoms with E-state index in [1.165, 1.54) is 19.3 Å². The number of rotatable bonds is 0. The van der Waals surface area contributed by atoms with Crippen molar-refractivity contribution in [3.63, 3.8) is 0 Å². The highest BCUT2D eigenvalue weighted by atomic mass is 16.3. The quantitative estimate of drug-likeness (QED) is 0.696. The van der Waals surface area contributed by atoms with Crippen LogP contribution >= 0.6 is 0 Å². The van der Waals surface area contributed by atoms with E-state index in [-0.39, 0.29) is 11.8 Å². The zero-order valence-electron chi connectivity index (χ0n) is 14.0. The van der Waals surface area contributed by atoms with Crippen LogP contribution in [0.5, 0.6) is 0 Å². The summed E-state index contributed by atoms with van der Waals surface area (Å²) >= 11 is 0. The summed E-state index contributed by atoms with van der Waals surface area (Å²) in [5.41, 5.74) is -0.447. The van der Waals surface area contributed by atoms with Crippen molar-refractivity contribution >= 4 is 17.3 Å². The molecule has 0 bridgehead atoms. The minimum absolute atomic E-state index is 0.150. The van der Waals surface area contributed by atoms with Crippen molar-refractivity contribution < 1.29 is 19.5 Å². The first-order chi connectivity index (χ1) is 10.8. The van der Waals surface area contributed by atoms with Gasteiger partial charge in [-0.25, -0.2) is 0 Å². The van der Waals surface area contributed by atoms with Crippen LogP contribution in [-0.4, -0.2) is 28.6 Å². The molecule has 4 heteroatoms. The number of hydrogen-bond acceptors (Lipinski definition) is 4. The molecule has 4 aliphatic carbocycles. The van der Waals surface area contributed by atoms with Gasteiger partial charge in [-0.15, -0.1) is 0 Å². The second kappa shape index (κ2) is 4.75. The zero-order valence-corrected chi connectivity index (χ0v) is 14.0. The molecule has 0 amide bonds. The number of fused-ring (bicyclic) bond motifs is 5. The molecule has 0 spiro atoms. The fourth-order valence-corrected chi connectivity index (χ4v) is 6.87. The monoisotopic (exact) mass is 318 g/mol. The largest absolute Gasteiger partial charge is 0.384 e. The molecule has 4 nitrogen and oxygen atoms in total. The Hall–Kier alpha value is -1.03. The molecule has 23 heavy (non-hydrogen) atoms. The van der Waals surface area contributed by atoms with Gasteiger partial charge in [0.15, 0.2) is 0 Å². The number of hydrogen-bond donors (Lipinski definition) is 1.